The van der Waals surface area contributed by atoms with Gasteiger partial charge in [0, 0.05) is 39.9 Å². The van der Waals surface area contributed by atoms with Gasteiger partial charge in [0.25, 0.3) is 0 Å². The van der Waals surface area contributed by atoms with Gasteiger partial charge in [-0.2, -0.15) is 0 Å². The predicted octanol–water partition coefficient (Wildman–Crippen LogP) is 1.25. The molecule has 0 unspecified atom stereocenters. The molecule has 0 N–H and O–H groups in total. The topological polar surface area (TPSA) is 29.9 Å². The number of nitrogens with zero attached hydrogens (tertiary/aromatic N) is 2. The largest absolute Gasteiger partial charge is 0.467 e. The van der Waals surface area contributed by atoms with Gasteiger partial charge in [-0.3, -0.25) is 0 Å². The van der Waals surface area contributed by atoms with Crippen LogP contribution in [-0.2, 0) is 3.92 Å². The van der Waals surface area contributed by atoms with Crippen LogP contribution in [0.4, 0.5) is 0 Å². The Hall–Kier alpha value is 0.01000. The van der Waals surface area contributed by atoms with Crippen LogP contribution in [0.3, 0.4) is 0 Å². The van der Waals surface area contributed by atoms with Crippen molar-refractivity contribution in [2.45, 2.75) is 3.92 Å². The minimum Gasteiger partial charge on any atom is -0.212 e. The molecular weight excluding hydrogens is 186 g/mol. The van der Waals surface area contributed by atoms with Crippen molar-refractivity contribution in [1.82, 2.24) is 5.10 Å². The molecule has 0 saturated heterocycles. The Morgan fingerprint density at radius 2 is 2.11 bits per heavy atom. The smallest absolute Gasteiger partial charge is 0.212 e. The van der Waals surface area contributed by atoms with Gasteiger partial charge in [0.15, 0.2) is 11.1 Å². The van der Waals surface area contributed by atoms with E-state index < -0.39 is 3.92 Å². The average molecular weight is 188 g/mol. The first-order chi connectivity index (χ1) is 4.11. The van der Waals surface area contributed by atoms with E-state index in [0.717, 1.165) is 4.85 Å². The second kappa shape index (κ2) is 2.33. The molecule has 1 rings (SSSR count). The Labute approximate surface area is 66.1 Å². The van der Waals surface area contributed by atoms with Gasteiger partial charge in [0.2, 0.25) is 0 Å². The molecule has 0 fully saturated rings. The first kappa shape index (κ1) is 7.12. The quantitative estimate of drug-likeness (QED) is 0.453. The van der Waals surface area contributed by atoms with Crippen LogP contribution in [0.25, 0.3) is 0 Å². The van der Waals surface area contributed by atoms with Crippen molar-refractivity contribution in [3.63, 3.8) is 0 Å². The fraction of sp³-hybridized carbons (Fsp3) is 0.333. The summed E-state index contributed by atoms with van der Waals surface area (Å²) in [4.78, 5) is 0.859. The standard InChI is InChI=1S/C3H2Cl3N2O/c4-3(5,6)8-7-1-2-9-8/h1-2H/q+1. The molecule has 0 aliphatic heterocycles. The number of halogens is 3. The van der Waals surface area contributed by atoms with Crippen LogP contribution in [0.2, 0.25) is 0 Å². The Kier molecular flexibility index (Phi) is 1.84. The van der Waals surface area contributed by atoms with Crippen molar-refractivity contribution in [3.05, 3.63) is 12.5 Å². The lowest BCUT2D eigenvalue weighted by Gasteiger charge is -1.91. The second-order valence-electron chi connectivity index (χ2n) is 1.25. The molecule has 0 saturated carbocycles. The summed E-state index contributed by atoms with van der Waals surface area (Å²) < 4.78 is 2.99. The summed E-state index contributed by atoms with van der Waals surface area (Å²) in [6.07, 6.45) is 2.68. The first-order valence-corrected chi connectivity index (χ1v) is 3.13. The maximum absolute atomic E-state index is 5.34. The number of aromatic nitrogens is 2. The molecule has 1 heterocycles. The van der Waals surface area contributed by atoms with Gasteiger partial charge in [0.05, 0.1) is 0 Å². The zero-order valence-corrected chi connectivity index (χ0v) is 6.36. The van der Waals surface area contributed by atoms with Crippen molar-refractivity contribution in [3.8, 4) is 0 Å². The summed E-state index contributed by atoms with van der Waals surface area (Å²) in [7, 11) is 0. The van der Waals surface area contributed by atoms with Gasteiger partial charge >= 0.3 is 3.92 Å². The van der Waals surface area contributed by atoms with Crippen LogP contribution in [0.15, 0.2) is 17.0 Å². The van der Waals surface area contributed by atoms with Crippen LogP contribution in [-0.4, -0.2) is 5.10 Å². The molecule has 9 heavy (non-hydrogen) atoms. The lowest BCUT2D eigenvalue weighted by Crippen LogP contribution is -2.45. The molecule has 0 atom stereocenters. The number of alkyl halides is 3. The molecule has 0 bridgehead atoms. The number of hydrogen-bond acceptors (Lipinski definition) is 2. The Bertz CT molecular complexity index is 179. The van der Waals surface area contributed by atoms with E-state index >= 15 is 0 Å². The lowest BCUT2D eigenvalue weighted by atomic mass is 11.0. The summed E-state index contributed by atoms with van der Waals surface area (Å²) in [5.41, 5.74) is 0. The highest BCUT2D eigenvalue weighted by Gasteiger charge is 2.38. The minimum atomic E-state index is -1.62. The molecular formula is C3H2Cl3N2O+. The monoisotopic (exact) mass is 187 g/mol. The predicted molar refractivity (Wildman–Crippen MR) is 32.2 cm³/mol. The van der Waals surface area contributed by atoms with Gasteiger partial charge in [0.1, 0.15) is 6.20 Å². The molecule has 50 valence electrons. The SMILES string of the molecule is ClC(Cl)(Cl)[n+]1ncco1. The molecule has 0 radical (unpaired) electrons. The van der Waals surface area contributed by atoms with Crippen molar-refractivity contribution in [2.75, 3.05) is 0 Å². The van der Waals surface area contributed by atoms with Crippen LogP contribution in [0.5, 0.6) is 0 Å². The molecule has 0 aliphatic carbocycles. The molecule has 0 spiro atoms. The second-order valence-corrected chi connectivity index (χ2v) is 3.47. The fourth-order valence-electron chi connectivity index (χ4n) is 0.325. The van der Waals surface area contributed by atoms with E-state index in [4.69, 9.17) is 34.8 Å². The van der Waals surface area contributed by atoms with Crippen molar-refractivity contribution >= 4 is 34.8 Å². The summed E-state index contributed by atoms with van der Waals surface area (Å²) in [6.45, 7) is 0. The van der Waals surface area contributed by atoms with Gasteiger partial charge in [-0.15, -0.1) is 0 Å². The van der Waals surface area contributed by atoms with E-state index in [1.54, 1.807) is 0 Å². The van der Waals surface area contributed by atoms with Gasteiger partial charge < -0.3 is 0 Å². The van der Waals surface area contributed by atoms with E-state index in [2.05, 4.69) is 9.62 Å². The van der Waals surface area contributed by atoms with E-state index in [-0.39, 0.29) is 0 Å². The first-order valence-electron chi connectivity index (χ1n) is 2.00. The summed E-state index contributed by atoms with van der Waals surface area (Å²) in [6, 6.07) is 0. The maximum Gasteiger partial charge on any atom is 0.467 e. The Balaban J connectivity index is 2.90. The van der Waals surface area contributed by atoms with Crippen molar-refractivity contribution in [1.29, 1.82) is 0 Å². The van der Waals surface area contributed by atoms with Crippen molar-refractivity contribution in [2.24, 2.45) is 0 Å². The van der Waals surface area contributed by atoms with Gasteiger partial charge in [-0.1, -0.05) is 0 Å². The molecule has 0 aliphatic rings. The average Bonchev–Trinajstić information content (AvgIpc) is 2.08. The minimum absolute atomic E-state index is 0.859. The summed E-state index contributed by atoms with van der Waals surface area (Å²) in [5, 5.41) is 3.54. The molecule has 6 heteroatoms. The maximum atomic E-state index is 5.34. The Morgan fingerprint density at radius 1 is 1.44 bits per heavy atom. The summed E-state index contributed by atoms with van der Waals surface area (Å²) in [5.74, 6) is 0. The molecule has 1 aromatic heterocycles. The van der Waals surface area contributed by atoms with Gasteiger partial charge in [-0.25, -0.2) is 4.52 Å². The van der Waals surface area contributed by atoms with E-state index in [0.29, 0.717) is 0 Å². The van der Waals surface area contributed by atoms with Crippen LogP contribution < -0.4 is 4.85 Å². The van der Waals surface area contributed by atoms with Crippen LogP contribution in [0, 0.1) is 0 Å². The highest BCUT2D eigenvalue weighted by atomic mass is 35.6. The summed E-state index contributed by atoms with van der Waals surface area (Å²) >= 11 is 16.0. The van der Waals surface area contributed by atoms with Crippen molar-refractivity contribution < 1.29 is 9.38 Å². The van der Waals surface area contributed by atoms with E-state index in [9.17, 15) is 0 Å². The molecule has 3 nitrogen and oxygen atoms in total. The Morgan fingerprint density at radius 3 is 2.33 bits per heavy atom. The highest BCUT2D eigenvalue weighted by Crippen LogP contribution is 2.24. The fourth-order valence-corrected chi connectivity index (χ4v) is 0.576. The molecule has 0 amide bonds. The van der Waals surface area contributed by atoms with E-state index in [1.165, 1.54) is 12.5 Å². The third kappa shape index (κ3) is 1.71. The van der Waals surface area contributed by atoms with E-state index in [1.807, 2.05) is 0 Å². The van der Waals surface area contributed by atoms with Crippen LogP contribution in [0.1, 0.15) is 0 Å². The van der Waals surface area contributed by atoms with Gasteiger partial charge in [-0.05, 0) is 0 Å². The zero-order chi connectivity index (χ0) is 6.91. The van der Waals surface area contributed by atoms with Crippen LogP contribution >= 0.6 is 34.8 Å². The third-order valence-corrected chi connectivity index (χ3v) is 1.04. The lowest BCUT2D eigenvalue weighted by molar-refractivity contribution is -0.911. The zero-order valence-electron chi connectivity index (χ0n) is 4.09. The molecule has 0 aromatic carbocycles. The molecule has 1 aromatic rings. The number of rotatable bonds is 0. The number of hydrogen-bond donors (Lipinski definition) is 0. The highest BCUT2D eigenvalue weighted by molar-refractivity contribution is 6.63. The normalized spacial score (nSPS) is 11.9. The third-order valence-electron chi connectivity index (χ3n) is 0.610.